The highest BCUT2D eigenvalue weighted by molar-refractivity contribution is 6.42. The smallest absolute Gasteiger partial charge is 0.355 e. The maximum Gasteiger partial charge on any atom is 0.355 e. The molecule has 1 aromatic heterocycles. The molecule has 0 saturated heterocycles. The number of benzene rings is 2. The zero-order valence-corrected chi connectivity index (χ0v) is 23.8. The van der Waals surface area contributed by atoms with Crippen molar-refractivity contribution < 1.29 is 27.5 Å². The Kier molecular flexibility index (Phi) is 12.2. The average Bonchev–Trinajstić information content (AvgIpc) is 3.17. The lowest BCUT2D eigenvalue weighted by molar-refractivity contribution is -0.142. The van der Waals surface area contributed by atoms with Crippen LogP contribution in [0.3, 0.4) is 0 Å². The molecule has 0 radical (unpaired) electrons. The Balaban J connectivity index is 0.000000344. The summed E-state index contributed by atoms with van der Waals surface area (Å²) in [5, 5.41) is 6.12. The van der Waals surface area contributed by atoms with Crippen LogP contribution < -0.4 is 11.0 Å². The Labute approximate surface area is 241 Å². The number of anilines is 1. The van der Waals surface area contributed by atoms with Gasteiger partial charge in [0.2, 0.25) is 5.91 Å². The Morgan fingerprint density at radius 2 is 1.74 bits per heavy atom. The van der Waals surface area contributed by atoms with E-state index in [2.05, 4.69) is 10.4 Å². The fraction of sp³-hybridized carbons (Fsp3) is 0.333. The van der Waals surface area contributed by atoms with E-state index in [1.54, 1.807) is 32.0 Å². The van der Waals surface area contributed by atoms with Crippen molar-refractivity contribution in [2.45, 2.75) is 45.5 Å². The SMILES string of the molecule is CCC(=O)Nc1ccc(Cl)c(Cl)c1.CCOC(=O)C(Cl)Cc1cc(-n2nc(C)n(C(F)F)c2=O)c(F)cc1Cl. The normalized spacial score (nSPS) is 11.6. The number of rotatable bonds is 8. The summed E-state index contributed by atoms with van der Waals surface area (Å²) < 4.78 is 45.5. The highest BCUT2D eigenvalue weighted by Gasteiger charge is 2.23. The maximum atomic E-state index is 14.2. The van der Waals surface area contributed by atoms with E-state index in [1.165, 1.54) is 6.92 Å². The van der Waals surface area contributed by atoms with Gasteiger partial charge in [0.15, 0.2) is 5.82 Å². The van der Waals surface area contributed by atoms with Crippen LogP contribution in [-0.2, 0) is 20.7 Å². The van der Waals surface area contributed by atoms with E-state index in [0.717, 1.165) is 12.1 Å². The van der Waals surface area contributed by atoms with Crippen molar-refractivity contribution in [1.29, 1.82) is 0 Å². The van der Waals surface area contributed by atoms with E-state index in [-0.39, 0.29) is 45.6 Å². The minimum Gasteiger partial charge on any atom is -0.465 e. The summed E-state index contributed by atoms with van der Waals surface area (Å²) in [6.45, 7) is 1.59. The zero-order valence-electron chi connectivity index (χ0n) is 20.8. The van der Waals surface area contributed by atoms with Crippen LogP contribution >= 0.6 is 46.4 Å². The minimum atomic E-state index is -3.12. The number of ether oxygens (including phenoxy) is 1. The predicted molar refractivity (Wildman–Crippen MR) is 144 cm³/mol. The summed E-state index contributed by atoms with van der Waals surface area (Å²) in [6.07, 6.45) is 0.329. The molecule has 0 aliphatic carbocycles. The number of alkyl halides is 3. The second kappa shape index (κ2) is 14.6. The topological polar surface area (TPSA) is 95.2 Å². The second-order valence-electron chi connectivity index (χ2n) is 7.74. The van der Waals surface area contributed by atoms with Crippen LogP contribution in [0, 0.1) is 12.7 Å². The monoisotopic (exact) mass is 628 g/mol. The van der Waals surface area contributed by atoms with Gasteiger partial charge >= 0.3 is 18.2 Å². The number of esters is 1. The molecule has 3 aromatic rings. The standard InChI is InChI=1S/C15H14Cl2F3N3O3.C9H9Cl2NO/c1-3-26-13(24)10(17)4-8-5-12(11(18)6-9(8)16)23-15(25)22(14(19)20)7(2)21-23;1-2-9(13)12-6-3-4-7(10)8(11)5-6/h5-6,10,14H,3-4H2,1-2H3;3-5H,2H2,1H3,(H,12,13). The third-order valence-electron chi connectivity index (χ3n) is 4.99. The molecule has 0 fully saturated rings. The van der Waals surface area contributed by atoms with Crippen LogP contribution in [0.5, 0.6) is 0 Å². The number of nitrogens with one attached hydrogen (secondary N) is 1. The third-order valence-corrected chi connectivity index (χ3v) is 6.41. The molecule has 212 valence electrons. The number of carbonyl (C=O) groups excluding carboxylic acids is 2. The van der Waals surface area contributed by atoms with Crippen molar-refractivity contribution in [2.75, 3.05) is 11.9 Å². The lowest BCUT2D eigenvalue weighted by Gasteiger charge is -2.12. The van der Waals surface area contributed by atoms with E-state index in [9.17, 15) is 27.6 Å². The number of hydrogen-bond acceptors (Lipinski definition) is 5. The van der Waals surface area contributed by atoms with Crippen molar-refractivity contribution in [3.8, 4) is 5.69 Å². The lowest BCUT2D eigenvalue weighted by atomic mass is 10.1. The summed E-state index contributed by atoms with van der Waals surface area (Å²) in [5.74, 6) is -1.96. The van der Waals surface area contributed by atoms with Gasteiger partial charge in [-0.05, 0) is 49.7 Å². The molecule has 15 heteroatoms. The number of hydrogen-bond donors (Lipinski definition) is 1. The largest absolute Gasteiger partial charge is 0.465 e. The summed E-state index contributed by atoms with van der Waals surface area (Å²) in [4.78, 5) is 34.7. The quantitative estimate of drug-likeness (QED) is 0.224. The number of nitrogens with zero attached hydrogens (tertiary/aromatic N) is 3. The first-order valence-corrected chi connectivity index (χ1v) is 12.9. The predicted octanol–water partition coefficient (Wildman–Crippen LogP) is 6.58. The molecule has 1 N–H and O–H groups in total. The molecule has 3 rings (SSSR count). The van der Waals surface area contributed by atoms with Gasteiger partial charge in [0.25, 0.3) is 0 Å². The van der Waals surface area contributed by atoms with E-state index < -0.39 is 29.4 Å². The first-order chi connectivity index (χ1) is 18.3. The van der Waals surface area contributed by atoms with Crippen LogP contribution in [0.2, 0.25) is 15.1 Å². The molecule has 0 aliphatic heterocycles. The van der Waals surface area contributed by atoms with Gasteiger partial charge in [-0.25, -0.2) is 13.8 Å². The Hall–Kier alpha value is -2.73. The summed E-state index contributed by atoms with van der Waals surface area (Å²) in [7, 11) is 0. The molecule has 1 atom stereocenters. The van der Waals surface area contributed by atoms with Crippen molar-refractivity contribution in [3.05, 3.63) is 73.1 Å². The van der Waals surface area contributed by atoms with Crippen molar-refractivity contribution in [2.24, 2.45) is 0 Å². The van der Waals surface area contributed by atoms with Gasteiger partial charge in [0, 0.05) is 23.6 Å². The molecule has 0 saturated carbocycles. The fourth-order valence-electron chi connectivity index (χ4n) is 3.09. The Morgan fingerprint density at radius 3 is 2.28 bits per heavy atom. The Bertz CT molecular complexity index is 1400. The van der Waals surface area contributed by atoms with Crippen LogP contribution in [0.4, 0.5) is 18.9 Å². The number of amides is 1. The van der Waals surface area contributed by atoms with Crippen molar-refractivity contribution in [1.82, 2.24) is 14.3 Å². The molecular weight excluding hydrogens is 607 g/mol. The van der Waals surface area contributed by atoms with Gasteiger partial charge in [-0.1, -0.05) is 41.7 Å². The molecular formula is C24H23Cl4F3N4O4. The Morgan fingerprint density at radius 1 is 1.08 bits per heavy atom. The third kappa shape index (κ3) is 8.63. The van der Waals surface area contributed by atoms with Gasteiger partial charge in [-0.15, -0.1) is 16.7 Å². The first kappa shape index (κ1) is 32.5. The molecule has 2 aromatic carbocycles. The summed E-state index contributed by atoms with van der Waals surface area (Å²) in [5.41, 5.74) is -0.698. The van der Waals surface area contributed by atoms with E-state index >= 15 is 0 Å². The number of aromatic nitrogens is 3. The van der Waals surface area contributed by atoms with Gasteiger partial charge in [-0.2, -0.15) is 13.5 Å². The minimum absolute atomic E-state index is 0.0424. The fourth-order valence-corrected chi connectivity index (χ4v) is 3.84. The highest BCUT2D eigenvalue weighted by Crippen LogP contribution is 2.26. The average molecular weight is 630 g/mol. The van der Waals surface area contributed by atoms with Crippen molar-refractivity contribution >= 4 is 64.0 Å². The van der Waals surface area contributed by atoms with Crippen LogP contribution in [0.1, 0.15) is 38.2 Å². The molecule has 1 amide bonds. The van der Waals surface area contributed by atoms with Crippen LogP contribution in [0.25, 0.3) is 5.69 Å². The zero-order chi connectivity index (χ0) is 29.4. The molecule has 1 heterocycles. The second-order valence-corrected chi connectivity index (χ2v) is 9.49. The molecule has 1 unspecified atom stereocenters. The molecule has 0 bridgehead atoms. The van der Waals surface area contributed by atoms with Crippen molar-refractivity contribution in [3.63, 3.8) is 0 Å². The molecule has 8 nitrogen and oxygen atoms in total. The number of carbonyl (C=O) groups is 2. The van der Waals surface area contributed by atoms with Gasteiger partial charge in [0.05, 0.1) is 16.7 Å². The van der Waals surface area contributed by atoms with Gasteiger partial charge < -0.3 is 10.1 Å². The maximum absolute atomic E-state index is 14.2. The van der Waals surface area contributed by atoms with Crippen LogP contribution in [0.15, 0.2) is 35.1 Å². The highest BCUT2D eigenvalue weighted by atomic mass is 35.5. The lowest BCUT2D eigenvalue weighted by Crippen LogP contribution is -2.25. The molecule has 0 spiro atoms. The van der Waals surface area contributed by atoms with Crippen LogP contribution in [-0.4, -0.2) is 38.2 Å². The van der Waals surface area contributed by atoms with E-state index in [1.807, 2.05) is 0 Å². The summed E-state index contributed by atoms with van der Waals surface area (Å²) >= 11 is 23.4. The first-order valence-electron chi connectivity index (χ1n) is 11.3. The molecule has 0 aliphatic rings. The molecule has 39 heavy (non-hydrogen) atoms. The number of aryl methyl sites for hydroxylation is 1. The van der Waals surface area contributed by atoms with E-state index in [4.69, 9.17) is 51.1 Å². The van der Waals surface area contributed by atoms with Gasteiger partial charge in [0.1, 0.15) is 16.9 Å². The summed E-state index contributed by atoms with van der Waals surface area (Å²) in [6, 6.07) is 7.01. The van der Waals surface area contributed by atoms with Gasteiger partial charge in [-0.3, -0.25) is 9.59 Å². The number of halogens is 7. The van der Waals surface area contributed by atoms with E-state index in [0.29, 0.717) is 26.8 Å².